The molecule has 0 fully saturated rings. The second kappa shape index (κ2) is 8.50. The predicted molar refractivity (Wildman–Crippen MR) is 62.9 cm³/mol. The number of amides is 1. The molecule has 1 amide bonds. The van der Waals surface area contributed by atoms with Gasteiger partial charge in [0.05, 0.1) is 18.8 Å². The van der Waals surface area contributed by atoms with E-state index in [2.05, 4.69) is 5.32 Å². The molecule has 0 rings (SSSR count). The van der Waals surface area contributed by atoms with Crippen LogP contribution in [0.1, 0.15) is 39.0 Å². The molecule has 0 spiro atoms. The topological polar surface area (TPSA) is 95.6 Å². The molecule has 0 aliphatic rings. The zero-order chi connectivity index (χ0) is 12.4. The lowest BCUT2D eigenvalue weighted by atomic mass is 10.0. The first-order valence-electron chi connectivity index (χ1n) is 5.81. The van der Waals surface area contributed by atoms with E-state index < -0.39 is 5.54 Å². The maximum atomic E-state index is 11.5. The van der Waals surface area contributed by atoms with Crippen molar-refractivity contribution in [1.82, 2.24) is 5.32 Å². The Bertz CT molecular complexity index is 194. The summed E-state index contributed by atoms with van der Waals surface area (Å²) < 4.78 is 0. The van der Waals surface area contributed by atoms with Gasteiger partial charge in [-0.15, -0.1) is 0 Å². The molecule has 0 bridgehead atoms. The van der Waals surface area contributed by atoms with Crippen LogP contribution in [0, 0.1) is 0 Å². The zero-order valence-electron chi connectivity index (χ0n) is 10.0. The van der Waals surface area contributed by atoms with Gasteiger partial charge in [0.2, 0.25) is 5.91 Å². The van der Waals surface area contributed by atoms with Gasteiger partial charge >= 0.3 is 0 Å². The number of aliphatic hydroxyl groups excluding tert-OH is 2. The number of carbonyl (C=O) groups is 1. The first-order valence-corrected chi connectivity index (χ1v) is 5.81. The van der Waals surface area contributed by atoms with Crippen LogP contribution in [0.4, 0.5) is 0 Å². The molecule has 0 aliphatic carbocycles. The Balaban J connectivity index is 3.65. The summed E-state index contributed by atoms with van der Waals surface area (Å²) in [6.07, 6.45) is 4.27. The Morgan fingerprint density at radius 1 is 1.19 bits per heavy atom. The third-order valence-corrected chi connectivity index (χ3v) is 2.50. The average molecular weight is 232 g/mol. The molecule has 0 aromatic carbocycles. The van der Waals surface area contributed by atoms with Gasteiger partial charge in [-0.05, 0) is 26.3 Å². The zero-order valence-corrected chi connectivity index (χ0v) is 10.0. The summed E-state index contributed by atoms with van der Waals surface area (Å²) in [7, 11) is 0. The Kier molecular flexibility index (Phi) is 8.15. The molecule has 0 radical (unpaired) electrons. The van der Waals surface area contributed by atoms with E-state index in [0.29, 0.717) is 13.0 Å². The predicted octanol–water partition coefficient (Wildman–Crippen LogP) is -0.245. The first-order chi connectivity index (χ1) is 7.58. The lowest BCUT2D eigenvalue weighted by molar-refractivity contribution is -0.124. The van der Waals surface area contributed by atoms with Crippen LogP contribution in [0.25, 0.3) is 0 Å². The van der Waals surface area contributed by atoms with Gasteiger partial charge in [0.1, 0.15) is 0 Å². The fraction of sp³-hybridized carbons (Fsp3) is 0.909. The van der Waals surface area contributed by atoms with Crippen molar-refractivity contribution in [1.29, 1.82) is 0 Å². The third-order valence-electron chi connectivity index (χ3n) is 2.50. The Morgan fingerprint density at radius 2 is 1.75 bits per heavy atom. The quantitative estimate of drug-likeness (QED) is 0.412. The smallest absolute Gasteiger partial charge is 0.220 e. The monoisotopic (exact) mass is 232 g/mol. The highest BCUT2D eigenvalue weighted by Gasteiger charge is 2.23. The van der Waals surface area contributed by atoms with Crippen molar-refractivity contribution in [2.75, 3.05) is 19.8 Å². The van der Waals surface area contributed by atoms with E-state index in [-0.39, 0.29) is 19.1 Å². The molecule has 0 aromatic heterocycles. The Morgan fingerprint density at radius 3 is 2.25 bits per heavy atom. The Labute approximate surface area is 97.0 Å². The maximum absolute atomic E-state index is 11.5. The number of rotatable bonds is 9. The van der Waals surface area contributed by atoms with Crippen molar-refractivity contribution < 1.29 is 15.0 Å². The van der Waals surface area contributed by atoms with Gasteiger partial charge in [0.25, 0.3) is 0 Å². The molecule has 96 valence electrons. The molecule has 0 unspecified atom stereocenters. The lowest BCUT2D eigenvalue weighted by Gasteiger charge is -2.26. The molecule has 5 heteroatoms. The van der Waals surface area contributed by atoms with Crippen LogP contribution in [0.3, 0.4) is 0 Å². The summed E-state index contributed by atoms with van der Waals surface area (Å²) in [6.45, 7) is 1.78. The fourth-order valence-electron chi connectivity index (χ4n) is 1.31. The van der Waals surface area contributed by atoms with Gasteiger partial charge in [0, 0.05) is 6.42 Å². The SMILES string of the molecule is CC(CO)(CO)NC(=O)CCCCCCN. The molecule has 5 nitrogen and oxygen atoms in total. The van der Waals surface area contributed by atoms with E-state index in [0.717, 1.165) is 25.7 Å². The number of nitrogens with one attached hydrogen (secondary N) is 1. The van der Waals surface area contributed by atoms with Crippen molar-refractivity contribution in [2.24, 2.45) is 5.73 Å². The number of hydrogen-bond acceptors (Lipinski definition) is 4. The summed E-state index contributed by atoms with van der Waals surface area (Å²) in [5, 5.41) is 20.6. The van der Waals surface area contributed by atoms with E-state index in [1.165, 1.54) is 0 Å². The van der Waals surface area contributed by atoms with Crippen molar-refractivity contribution in [3.05, 3.63) is 0 Å². The van der Waals surface area contributed by atoms with E-state index in [9.17, 15) is 4.79 Å². The molecule has 16 heavy (non-hydrogen) atoms. The van der Waals surface area contributed by atoms with Gasteiger partial charge in [-0.3, -0.25) is 4.79 Å². The molecule has 0 saturated heterocycles. The van der Waals surface area contributed by atoms with E-state index in [1.807, 2.05) is 0 Å². The average Bonchev–Trinajstić information content (AvgIpc) is 2.28. The second-order valence-corrected chi connectivity index (χ2v) is 4.38. The Hall–Kier alpha value is -0.650. The number of aliphatic hydroxyl groups is 2. The summed E-state index contributed by atoms with van der Waals surface area (Å²) in [5.74, 6) is -0.127. The molecule has 0 aromatic rings. The molecule has 0 saturated carbocycles. The standard InChI is InChI=1S/C11H24N2O3/c1-11(8-14,9-15)13-10(16)6-4-2-3-5-7-12/h14-15H,2-9,12H2,1H3,(H,13,16). The van der Waals surface area contributed by atoms with Crippen molar-refractivity contribution in [3.8, 4) is 0 Å². The summed E-state index contributed by atoms with van der Waals surface area (Å²) in [6, 6.07) is 0. The normalized spacial score (nSPS) is 11.5. The van der Waals surface area contributed by atoms with Crippen LogP contribution >= 0.6 is 0 Å². The highest BCUT2D eigenvalue weighted by atomic mass is 16.3. The van der Waals surface area contributed by atoms with Crippen molar-refractivity contribution >= 4 is 5.91 Å². The molecule has 5 N–H and O–H groups in total. The molecule has 0 aliphatic heterocycles. The van der Waals surface area contributed by atoms with E-state index >= 15 is 0 Å². The molecular weight excluding hydrogens is 208 g/mol. The number of nitrogens with two attached hydrogens (primary N) is 1. The molecule has 0 atom stereocenters. The minimum atomic E-state index is -0.908. The highest BCUT2D eigenvalue weighted by Crippen LogP contribution is 2.05. The second-order valence-electron chi connectivity index (χ2n) is 4.38. The number of unbranched alkanes of at least 4 members (excludes halogenated alkanes) is 3. The first kappa shape index (κ1) is 15.3. The number of carbonyl (C=O) groups excluding carboxylic acids is 1. The molecular formula is C11H24N2O3. The summed E-state index contributed by atoms with van der Waals surface area (Å²) in [5.41, 5.74) is 4.45. The fourth-order valence-corrected chi connectivity index (χ4v) is 1.31. The molecule has 0 heterocycles. The van der Waals surface area contributed by atoms with Crippen LogP contribution < -0.4 is 11.1 Å². The van der Waals surface area contributed by atoms with Crippen LogP contribution in [0.15, 0.2) is 0 Å². The van der Waals surface area contributed by atoms with Gasteiger partial charge in [-0.1, -0.05) is 12.8 Å². The number of hydrogen-bond donors (Lipinski definition) is 4. The van der Waals surface area contributed by atoms with Gasteiger partial charge in [-0.2, -0.15) is 0 Å². The third kappa shape index (κ3) is 6.76. The summed E-state index contributed by atoms with van der Waals surface area (Å²) in [4.78, 5) is 11.5. The lowest BCUT2D eigenvalue weighted by Crippen LogP contribution is -2.51. The van der Waals surface area contributed by atoms with Crippen LogP contribution in [0.2, 0.25) is 0 Å². The minimum Gasteiger partial charge on any atom is -0.394 e. The largest absolute Gasteiger partial charge is 0.394 e. The summed E-state index contributed by atoms with van der Waals surface area (Å²) >= 11 is 0. The van der Waals surface area contributed by atoms with E-state index in [1.54, 1.807) is 6.92 Å². The van der Waals surface area contributed by atoms with E-state index in [4.69, 9.17) is 15.9 Å². The van der Waals surface area contributed by atoms with Gasteiger partial charge in [-0.25, -0.2) is 0 Å². The van der Waals surface area contributed by atoms with Gasteiger partial charge in [0.15, 0.2) is 0 Å². The van der Waals surface area contributed by atoms with Crippen LogP contribution in [-0.4, -0.2) is 41.4 Å². The van der Waals surface area contributed by atoms with Crippen molar-refractivity contribution in [2.45, 2.75) is 44.6 Å². The van der Waals surface area contributed by atoms with Gasteiger partial charge < -0.3 is 21.3 Å². The minimum absolute atomic E-state index is 0.127. The van der Waals surface area contributed by atoms with Crippen molar-refractivity contribution in [3.63, 3.8) is 0 Å². The van der Waals surface area contributed by atoms with Crippen LogP contribution in [0.5, 0.6) is 0 Å². The van der Waals surface area contributed by atoms with Crippen LogP contribution in [-0.2, 0) is 4.79 Å². The maximum Gasteiger partial charge on any atom is 0.220 e. The highest BCUT2D eigenvalue weighted by molar-refractivity contribution is 5.76.